The first kappa shape index (κ1) is 21.0. The summed E-state index contributed by atoms with van der Waals surface area (Å²) in [6.07, 6.45) is 0. The van der Waals surface area contributed by atoms with Gasteiger partial charge in [-0.05, 0) is 30.2 Å². The van der Waals surface area contributed by atoms with Crippen molar-refractivity contribution in [1.29, 1.82) is 0 Å². The maximum Gasteiger partial charge on any atom is 0.340 e. The van der Waals surface area contributed by atoms with Crippen LogP contribution in [0.3, 0.4) is 0 Å². The average Bonchev–Trinajstić information content (AvgIpc) is 2.68. The fourth-order valence-corrected chi connectivity index (χ4v) is 2.62. The molecule has 0 saturated heterocycles. The van der Waals surface area contributed by atoms with E-state index in [0.717, 1.165) is 11.1 Å². The average molecular weight is 384 g/mol. The molecule has 0 heterocycles. The van der Waals surface area contributed by atoms with E-state index in [2.05, 4.69) is 5.32 Å². The topological polar surface area (TPSA) is 95.9 Å². The summed E-state index contributed by atoms with van der Waals surface area (Å²) in [6, 6.07) is 14.1. The first-order valence-corrected chi connectivity index (χ1v) is 8.95. The minimum atomic E-state index is -0.987. The van der Waals surface area contributed by atoms with E-state index in [1.807, 2.05) is 30.3 Å². The molecule has 0 aliphatic carbocycles. The Bertz CT molecular complexity index is 851. The van der Waals surface area contributed by atoms with Crippen LogP contribution in [0.4, 0.5) is 10.5 Å². The van der Waals surface area contributed by atoms with Crippen molar-refractivity contribution >= 4 is 23.7 Å². The molecule has 0 fully saturated rings. The number of urea groups is 1. The molecule has 0 spiro atoms. The minimum Gasteiger partial charge on any atom is -0.481 e. The SMILES string of the molecule is CCOC(=O)c1cc(-c2ccccc2)ccc1NC(=O)N(C)CC(C)C(=O)O. The van der Waals surface area contributed by atoms with Gasteiger partial charge in [-0.2, -0.15) is 0 Å². The van der Waals surface area contributed by atoms with E-state index in [4.69, 9.17) is 9.84 Å². The molecule has 0 bridgehead atoms. The third-order valence-electron chi connectivity index (χ3n) is 4.18. The molecule has 2 aromatic rings. The second-order valence-electron chi connectivity index (χ2n) is 6.40. The first-order chi connectivity index (χ1) is 13.3. The molecular weight excluding hydrogens is 360 g/mol. The third-order valence-corrected chi connectivity index (χ3v) is 4.18. The van der Waals surface area contributed by atoms with Crippen molar-refractivity contribution in [2.45, 2.75) is 13.8 Å². The number of esters is 1. The van der Waals surface area contributed by atoms with Crippen LogP contribution in [0.25, 0.3) is 11.1 Å². The van der Waals surface area contributed by atoms with Gasteiger partial charge in [0.2, 0.25) is 0 Å². The van der Waals surface area contributed by atoms with Crippen LogP contribution in [0.2, 0.25) is 0 Å². The molecular formula is C21H24N2O5. The molecule has 1 atom stereocenters. The normalized spacial score (nSPS) is 11.4. The number of rotatable bonds is 7. The molecule has 2 rings (SSSR count). The Labute approximate surface area is 163 Å². The van der Waals surface area contributed by atoms with Crippen molar-refractivity contribution in [2.24, 2.45) is 5.92 Å². The Morgan fingerprint density at radius 1 is 1.11 bits per heavy atom. The van der Waals surface area contributed by atoms with Gasteiger partial charge in [0.15, 0.2) is 0 Å². The number of nitrogens with one attached hydrogen (secondary N) is 1. The van der Waals surface area contributed by atoms with Crippen molar-refractivity contribution in [3.8, 4) is 11.1 Å². The van der Waals surface area contributed by atoms with Gasteiger partial charge in [-0.25, -0.2) is 9.59 Å². The summed E-state index contributed by atoms with van der Waals surface area (Å²) in [6.45, 7) is 3.47. The number of ether oxygens (including phenoxy) is 1. The van der Waals surface area contributed by atoms with Crippen molar-refractivity contribution < 1.29 is 24.2 Å². The van der Waals surface area contributed by atoms with E-state index in [9.17, 15) is 14.4 Å². The van der Waals surface area contributed by atoms with E-state index in [0.29, 0.717) is 5.69 Å². The van der Waals surface area contributed by atoms with E-state index in [1.54, 1.807) is 25.1 Å². The van der Waals surface area contributed by atoms with Crippen LogP contribution in [0.5, 0.6) is 0 Å². The smallest absolute Gasteiger partial charge is 0.340 e. The Morgan fingerprint density at radius 2 is 1.79 bits per heavy atom. The Kier molecular flexibility index (Phi) is 7.14. The number of amides is 2. The second kappa shape index (κ2) is 9.55. The summed E-state index contributed by atoms with van der Waals surface area (Å²) in [4.78, 5) is 37.1. The number of benzene rings is 2. The van der Waals surface area contributed by atoms with Gasteiger partial charge in [-0.1, -0.05) is 43.3 Å². The van der Waals surface area contributed by atoms with Gasteiger partial charge in [-0.3, -0.25) is 4.79 Å². The van der Waals surface area contributed by atoms with Crippen molar-refractivity contribution in [2.75, 3.05) is 25.5 Å². The molecule has 0 aromatic heterocycles. The van der Waals surface area contributed by atoms with Gasteiger partial charge in [0.25, 0.3) is 0 Å². The highest BCUT2D eigenvalue weighted by Gasteiger charge is 2.20. The van der Waals surface area contributed by atoms with Gasteiger partial charge in [-0.15, -0.1) is 0 Å². The molecule has 148 valence electrons. The number of aliphatic carboxylic acids is 1. The molecule has 7 heteroatoms. The lowest BCUT2D eigenvalue weighted by molar-refractivity contribution is -0.141. The molecule has 0 radical (unpaired) electrons. The highest BCUT2D eigenvalue weighted by Crippen LogP contribution is 2.26. The van der Waals surface area contributed by atoms with Crippen LogP contribution < -0.4 is 5.32 Å². The first-order valence-electron chi connectivity index (χ1n) is 8.95. The number of carbonyl (C=O) groups is 3. The fourth-order valence-electron chi connectivity index (χ4n) is 2.62. The minimum absolute atomic E-state index is 0.0397. The van der Waals surface area contributed by atoms with Crippen LogP contribution in [0.1, 0.15) is 24.2 Å². The Morgan fingerprint density at radius 3 is 2.39 bits per heavy atom. The zero-order valence-electron chi connectivity index (χ0n) is 16.1. The van der Waals surface area contributed by atoms with E-state index < -0.39 is 23.9 Å². The largest absolute Gasteiger partial charge is 0.481 e. The number of carboxylic acid groups (broad SMARTS) is 1. The van der Waals surface area contributed by atoms with Gasteiger partial charge in [0.05, 0.1) is 23.8 Å². The highest BCUT2D eigenvalue weighted by molar-refractivity contribution is 6.02. The van der Waals surface area contributed by atoms with E-state index in [-0.39, 0.29) is 18.7 Å². The summed E-state index contributed by atoms with van der Waals surface area (Å²) in [7, 11) is 1.50. The molecule has 0 saturated carbocycles. The predicted octanol–water partition coefficient (Wildman–Crippen LogP) is 3.71. The summed E-state index contributed by atoms with van der Waals surface area (Å²) in [5.74, 6) is -2.24. The van der Waals surface area contributed by atoms with Crippen LogP contribution >= 0.6 is 0 Å². The fraction of sp³-hybridized carbons (Fsp3) is 0.286. The zero-order valence-corrected chi connectivity index (χ0v) is 16.1. The maximum atomic E-state index is 12.4. The number of hydrogen-bond donors (Lipinski definition) is 2. The van der Waals surface area contributed by atoms with Crippen LogP contribution in [-0.2, 0) is 9.53 Å². The van der Waals surface area contributed by atoms with Gasteiger partial charge >= 0.3 is 18.0 Å². The van der Waals surface area contributed by atoms with Crippen LogP contribution in [0, 0.1) is 5.92 Å². The lowest BCUT2D eigenvalue weighted by Gasteiger charge is -2.21. The van der Waals surface area contributed by atoms with Gasteiger partial charge in [0, 0.05) is 13.6 Å². The lowest BCUT2D eigenvalue weighted by Crippen LogP contribution is -2.37. The molecule has 2 N–H and O–H groups in total. The molecule has 28 heavy (non-hydrogen) atoms. The highest BCUT2D eigenvalue weighted by atomic mass is 16.5. The number of hydrogen-bond acceptors (Lipinski definition) is 4. The second-order valence-corrected chi connectivity index (χ2v) is 6.40. The Balaban J connectivity index is 2.28. The van der Waals surface area contributed by atoms with Gasteiger partial charge < -0.3 is 20.1 Å². The quantitative estimate of drug-likeness (QED) is 0.710. The predicted molar refractivity (Wildman–Crippen MR) is 106 cm³/mol. The summed E-state index contributed by atoms with van der Waals surface area (Å²) in [5.41, 5.74) is 2.28. The summed E-state index contributed by atoms with van der Waals surface area (Å²) < 4.78 is 5.12. The van der Waals surface area contributed by atoms with E-state index in [1.165, 1.54) is 18.9 Å². The number of carboxylic acids is 1. The number of anilines is 1. The van der Waals surface area contributed by atoms with Crippen molar-refractivity contribution in [3.63, 3.8) is 0 Å². The van der Waals surface area contributed by atoms with Crippen LogP contribution in [0.15, 0.2) is 48.5 Å². The standard InChI is InChI=1S/C21H24N2O5/c1-4-28-20(26)17-12-16(15-8-6-5-7-9-15)10-11-18(17)22-21(27)23(3)13-14(2)19(24)25/h5-12,14H,4,13H2,1-3H3,(H,22,27)(H,24,25). The monoisotopic (exact) mass is 384 g/mol. The molecule has 1 unspecified atom stereocenters. The van der Waals surface area contributed by atoms with Crippen LogP contribution in [-0.4, -0.2) is 48.2 Å². The van der Waals surface area contributed by atoms with Gasteiger partial charge in [0.1, 0.15) is 0 Å². The molecule has 2 amide bonds. The molecule has 0 aliphatic heterocycles. The summed E-state index contributed by atoms with van der Waals surface area (Å²) >= 11 is 0. The Hall–Kier alpha value is -3.35. The zero-order chi connectivity index (χ0) is 20.7. The number of carbonyl (C=O) groups excluding carboxylic acids is 2. The van der Waals surface area contributed by atoms with Crippen molar-refractivity contribution in [3.05, 3.63) is 54.1 Å². The lowest BCUT2D eigenvalue weighted by atomic mass is 10.0. The van der Waals surface area contributed by atoms with Crippen molar-refractivity contribution in [1.82, 2.24) is 4.90 Å². The molecule has 7 nitrogen and oxygen atoms in total. The maximum absolute atomic E-state index is 12.4. The van der Waals surface area contributed by atoms with E-state index >= 15 is 0 Å². The third kappa shape index (κ3) is 5.33. The molecule has 0 aliphatic rings. The number of nitrogens with zero attached hydrogens (tertiary/aromatic N) is 1. The molecule has 2 aromatic carbocycles. The summed E-state index contributed by atoms with van der Waals surface area (Å²) in [5, 5.41) is 11.7.